The Morgan fingerprint density at radius 3 is 2.67 bits per heavy atom. The van der Waals surface area contributed by atoms with E-state index in [1.807, 2.05) is 24.3 Å². The predicted octanol–water partition coefficient (Wildman–Crippen LogP) is 4.58. The van der Waals surface area contributed by atoms with Crippen LogP contribution in [0.15, 0.2) is 36.4 Å². The van der Waals surface area contributed by atoms with Gasteiger partial charge in [0, 0.05) is 24.6 Å². The average molecular weight is 322 g/mol. The highest BCUT2D eigenvalue weighted by molar-refractivity contribution is 6.42. The minimum absolute atomic E-state index is 0.281. The van der Waals surface area contributed by atoms with Crippen LogP contribution in [0, 0.1) is 0 Å². The molecule has 1 unspecified atom stereocenters. The van der Waals surface area contributed by atoms with Gasteiger partial charge in [-0.2, -0.15) is 0 Å². The van der Waals surface area contributed by atoms with Gasteiger partial charge in [0.05, 0.1) is 17.2 Å². The van der Waals surface area contributed by atoms with E-state index in [4.69, 9.17) is 27.9 Å². The zero-order valence-electron chi connectivity index (χ0n) is 12.1. The van der Waals surface area contributed by atoms with Crippen LogP contribution in [0.2, 0.25) is 10.0 Å². The first kappa shape index (κ1) is 14.7. The van der Waals surface area contributed by atoms with E-state index in [-0.39, 0.29) is 5.92 Å². The van der Waals surface area contributed by atoms with Gasteiger partial charge in [-0.05, 0) is 36.4 Å². The first-order chi connectivity index (χ1) is 10.1. The van der Waals surface area contributed by atoms with Gasteiger partial charge in [0.15, 0.2) is 0 Å². The van der Waals surface area contributed by atoms with Crippen molar-refractivity contribution >= 4 is 23.2 Å². The van der Waals surface area contributed by atoms with Gasteiger partial charge in [-0.25, -0.2) is 0 Å². The molecule has 0 aromatic heterocycles. The van der Waals surface area contributed by atoms with Gasteiger partial charge in [0.1, 0.15) is 5.75 Å². The first-order valence-electron chi connectivity index (χ1n) is 6.89. The highest BCUT2D eigenvalue weighted by Crippen LogP contribution is 2.38. The van der Waals surface area contributed by atoms with E-state index in [2.05, 4.69) is 24.1 Å². The second kappa shape index (κ2) is 5.88. The maximum Gasteiger partial charge on any atom is 0.123 e. The number of halogens is 2. The third-order valence-corrected chi connectivity index (χ3v) is 4.77. The van der Waals surface area contributed by atoms with Crippen molar-refractivity contribution in [3.05, 3.63) is 63.1 Å². The van der Waals surface area contributed by atoms with Gasteiger partial charge in [-0.1, -0.05) is 41.4 Å². The Kier molecular flexibility index (Phi) is 4.12. The van der Waals surface area contributed by atoms with E-state index in [0.29, 0.717) is 10.0 Å². The molecule has 0 fully saturated rings. The number of hydrogen-bond donors (Lipinski definition) is 0. The van der Waals surface area contributed by atoms with Crippen LogP contribution in [0.4, 0.5) is 0 Å². The van der Waals surface area contributed by atoms with Crippen LogP contribution in [0.1, 0.15) is 22.6 Å². The predicted molar refractivity (Wildman–Crippen MR) is 87.6 cm³/mol. The van der Waals surface area contributed by atoms with Crippen LogP contribution in [-0.2, 0) is 6.54 Å². The fourth-order valence-corrected chi connectivity index (χ4v) is 3.33. The summed E-state index contributed by atoms with van der Waals surface area (Å²) < 4.78 is 5.51. The maximum absolute atomic E-state index is 6.18. The van der Waals surface area contributed by atoms with Crippen molar-refractivity contribution in [1.82, 2.24) is 4.90 Å². The molecule has 1 aliphatic rings. The van der Waals surface area contributed by atoms with E-state index in [1.54, 1.807) is 7.11 Å². The summed E-state index contributed by atoms with van der Waals surface area (Å²) >= 11 is 12.2. The number of ether oxygens (including phenoxy) is 1. The summed E-state index contributed by atoms with van der Waals surface area (Å²) in [6.07, 6.45) is 0. The Hall–Kier alpha value is -1.22. The van der Waals surface area contributed by atoms with E-state index in [0.717, 1.165) is 18.8 Å². The van der Waals surface area contributed by atoms with Crippen molar-refractivity contribution in [3.8, 4) is 5.75 Å². The average Bonchev–Trinajstić information content (AvgIpc) is 2.48. The Labute approximate surface area is 135 Å². The monoisotopic (exact) mass is 321 g/mol. The summed E-state index contributed by atoms with van der Waals surface area (Å²) in [6, 6.07) is 12.1. The summed E-state index contributed by atoms with van der Waals surface area (Å²) in [4.78, 5) is 2.30. The third-order valence-electron chi connectivity index (χ3n) is 4.03. The third kappa shape index (κ3) is 2.76. The zero-order chi connectivity index (χ0) is 15.0. The minimum atomic E-state index is 0.281. The lowest BCUT2D eigenvalue weighted by Gasteiger charge is -2.33. The van der Waals surface area contributed by atoms with Gasteiger partial charge in [-0.3, -0.25) is 0 Å². The molecule has 0 radical (unpaired) electrons. The summed E-state index contributed by atoms with van der Waals surface area (Å²) in [5.41, 5.74) is 3.75. The van der Waals surface area contributed by atoms with E-state index in [9.17, 15) is 0 Å². The molecule has 1 aliphatic heterocycles. The van der Waals surface area contributed by atoms with Gasteiger partial charge in [0.2, 0.25) is 0 Å². The van der Waals surface area contributed by atoms with E-state index < -0.39 is 0 Å². The smallest absolute Gasteiger partial charge is 0.123 e. The summed E-state index contributed by atoms with van der Waals surface area (Å²) in [7, 11) is 3.85. The van der Waals surface area contributed by atoms with Crippen molar-refractivity contribution in [2.45, 2.75) is 12.5 Å². The van der Waals surface area contributed by atoms with E-state index >= 15 is 0 Å². The fraction of sp³-hybridized carbons (Fsp3) is 0.294. The van der Waals surface area contributed by atoms with Crippen molar-refractivity contribution in [3.63, 3.8) is 0 Å². The maximum atomic E-state index is 6.18. The zero-order valence-corrected chi connectivity index (χ0v) is 13.6. The second-order valence-corrected chi connectivity index (χ2v) is 6.27. The van der Waals surface area contributed by atoms with Gasteiger partial charge in [0.25, 0.3) is 0 Å². The van der Waals surface area contributed by atoms with Crippen LogP contribution in [0.25, 0.3) is 0 Å². The molecule has 0 amide bonds. The lowest BCUT2D eigenvalue weighted by molar-refractivity contribution is 0.286. The van der Waals surface area contributed by atoms with Crippen LogP contribution in [0.5, 0.6) is 5.75 Å². The van der Waals surface area contributed by atoms with Crippen molar-refractivity contribution in [1.29, 1.82) is 0 Å². The van der Waals surface area contributed by atoms with E-state index in [1.165, 1.54) is 16.7 Å². The van der Waals surface area contributed by atoms with Crippen molar-refractivity contribution in [2.24, 2.45) is 0 Å². The molecule has 2 aromatic carbocycles. The molecule has 2 nitrogen and oxygen atoms in total. The molecule has 4 heteroatoms. The number of methoxy groups -OCH3 is 1. The number of benzene rings is 2. The fourth-order valence-electron chi connectivity index (χ4n) is 3.03. The van der Waals surface area contributed by atoms with Crippen LogP contribution in [0.3, 0.4) is 0 Å². The molecule has 21 heavy (non-hydrogen) atoms. The van der Waals surface area contributed by atoms with Gasteiger partial charge in [-0.15, -0.1) is 0 Å². The van der Waals surface area contributed by atoms with Crippen LogP contribution >= 0.6 is 23.2 Å². The summed E-state index contributed by atoms with van der Waals surface area (Å²) in [6.45, 7) is 1.86. The first-order valence-corrected chi connectivity index (χ1v) is 7.65. The highest BCUT2D eigenvalue weighted by atomic mass is 35.5. The molecule has 1 heterocycles. The molecular formula is C17H17Cl2NO. The normalized spacial score (nSPS) is 18.4. The standard InChI is InChI=1S/C17H17Cl2NO/c1-20-9-13(11-6-7-15(18)16(19)8-11)12-4-3-5-17(21-2)14(12)10-20/h3-8,13H,9-10H2,1-2H3. The Morgan fingerprint density at radius 1 is 1.14 bits per heavy atom. The number of nitrogens with zero attached hydrogens (tertiary/aromatic N) is 1. The molecule has 110 valence electrons. The van der Waals surface area contributed by atoms with Crippen molar-refractivity contribution < 1.29 is 4.74 Å². The van der Waals surface area contributed by atoms with Crippen molar-refractivity contribution in [2.75, 3.05) is 20.7 Å². The van der Waals surface area contributed by atoms with Crippen LogP contribution in [-0.4, -0.2) is 25.6 Å². The Morgan fingerprint density at radius 2 is 1.95 bits per heavy atom. The molecule has 3 rings (SSSR count). The highest BCUT2D eigenvalue weighted by Gasteiger charge is 2.27. The topological polar surface area (TPSA) is 12.5 Å². The second-order valence-electron chi connectivity index (χ2n) is 5.45. The summed E-state index contributed by atoms with van der Waals surface area (Å²) in [5.74, 6) is 1.23. The quantitative estimate of drug-likeness (QED) is 0.802. The molecule has 0 saturated heterocycles. The number of rotatable bonds is 2. The number of hydrogen-bond acceptors (Lipinski definition) is 2. The SMILES string of the molecule is COc1cccc2c1CN(C)CC2c1ccc(Cl)c(Cl)c1. The van der Waals surface area contributed by atoms with Gasteiger partial charge >= 0.3 is 0 Å². The molecule has 0 spiro atoms. The molecule has 0 saturated carbocycles. The van der Waals surface area contributed by atoms with Gasteiger partial charge < -0.3 is 9.64 Å². The largest absolute Gasteiger partial charge is 0.496 e. The number of likely N-dealkylation sites (N-methyl/N-ethyl adjacent to an activating group) is 1. The molecule has 0 N–H and O–H groups in total. The Balaban J connectivity index is 2.10. The lowest BCUT2D eigenvalue weighted by atomic mass is 9.84. The summed E-state index contributed by atoms with van der Waals surface area (Å²) in [5, 5.41) is 1.20. The molecule has 1 atom stereocenters. The Bertz CT molecular complexity index is 672. The molecular weight excluding hydrogens is 305 g/mol. The molecule has 0 bridgehead atoms. The lowest BCUT2D eigenvalue weighted by Crippen LogP contribution is -2.31. The minimum Gasteiger partial charge on any atom is -0.496 e. The van der Waals surface area contributed by atoms with Crippen LogP contribution < -0.4 is 4.74 Å². The number of fused-ring (bicyclic) bond motifs is 1. The molecule has 2 aromatic rings. The molecule has 0 aliphatic carbocycles.